The van der Waals surface area contributed by atoms with Crippen LogP contribution in [0.5, 0.6) is 0 Å². The van der Waals surface area contributed by atoms with E-state index in [1.54, 1.807) is 7.11 Å². The Labute approximate surface area is 101 Å². The zero-order valence-corrected chi connectivity index (χ0v) is 10.2. The third-order valence-electron chi connectivity index (χ3n) is 3.04. The van der Waals surface area contributed by atoms with E-state index in [1.807, 2.05) is 0 Å². The Kier molecular flexibility index (Phi) is 3.90. The summed E-state index contributed by atoms with van der Waals surface area (Å²) in [5.41, 5.74) is 4.09. The molecular weight excluding hydrogens is 222 g/mol. The predicted molar refractivity (Wildman–Crippen MR) is 68.4 cm³/mol. The van der Waals surface area contributed by atoms with Gasteiger partial charge in [-0.2, -0.15) is 5.10 Å². The van der Waals surface area contributed by atoms with Crippen molar-refractivity contribution in [3.8, 4) is 0 Å². The molecule has 16 heavy (non-hydrogen) atoms. The van der Waals surface area contributed by atoms with Gasteiger partial charge in [0.25, 0.3) is 0 Å². The van der Waals surface area contributed by atoms with Crippen molar-refractivity contribution in [2.45, 2.75) is 12.8 Å². The fraction of sp³-hybridized carbons (Fsp3) is 0.636. The molecule has 0 unspecified atom stereocenters. The van der Waals surface area contributed by atoms with Crippen LogP contribution in [-0.2, 0) is 4.74 Å². The highest BCUT2D eigenvalue weighted by Crippen LogP contribution is 2.39. The molecule has 0 aromatic carbocycles. The number of nitrogens with one attached hydrogen (secondary N) is 2. The van der Waals surface area contributed by atoms with Gasteiger partial charge < -0.3 is 10.1 Å². The van der Waals surface area contributed by atoms with Gasteiger partial charge in [0, 0.05) is 25.3 Å². The highest BCUT2D eigenvalue weighted by atomic mass is 32.1. The lowest BCUT2D eigenvalue weighted by molar-refractivity contribution is 0.204. The number of thiocarbonyl (C=S) groups is 1. The largest absolute Gasteiger partial charge is 0.383 e. The van der Waals surface area contributed by atoms with Crippen LogP contribution in [0.4, 0.5) is 0 Å². The molecule has 5 heteroatoms. The molecule has 0 saturated heterocycles. The summed E-state index contributed by atoms with van der Waals surface area (Å²) in [6, 6.07) is 0. The van der Waals surface area contributed by atoms with E-state index in [1.165, 1.54) is 12.1 Å². The maximum Gasteiger partial charge on any atom is 0.187 e. The summed E-state index contributed by atoms with van der Waals surface area (Å²) < 4.78 is 4.91. The minimum Gasteiger partial charge on any atom is -0.383 e. The molecule has 0 heterocycles. The molecule has 2 rings (SSSR count). The van der Waals surface area contributed by atoms with Gasteiger partial charge in [-0.05, 0) is 31.0 Å². The molecule has 0 aliphatic heterocycles. The minimum atomic E-state index is 0.564. The molecule has 1 fully saturated rings. The molecule has 0 amide bonds. The molecule has 2 N–H and O–H groups in total. The summed E-state index contributed by atoms with van der Waals surface area (Å²) in [5.74, 6) is 1.37. The topological polar surface area (TPSA) is 45.6 Å². The Hall–Kier alpha value is -0.940. The second-order valence-electron chi connectivity index (χ2n) is 4.12. The lowest BCUT2D eigenvalue weighted by Gasteiger charge is -2.31. The van der Waals surface area contributed by atoms with Gasteiger partial charge in [0.15, 0.2) is 5.11 Å². The number of hydrogen-bond donors (Lipinski definition) is 2. The summed E-state index contributed by atoms with van der Waals surface area (Å²) in [7, 11) is 1.67. The first-order valence-electron chi connectivity index (χ1n) is 5.57. The SMILES string of the molecule is COCCNC(=S)N/N=C1/C[C@H]2CC=C[C@H]12. The van der Waals surface area contributed by atoms with Crippen LogP contribution in [0.1, 0.15) is 12.8 Å². The number of nitrogens with zero attached hydrogens (tertiary/aromatic N) is 1. The molecule has 2 aliphatic carbocycles. The van der Waals surface area contributed by atoms with Gasteiger partial charge in [-0.3, -0.25) is 5.43 Å². The maximum absolute atomic E-state index is 5.07. The Bertz CT molecular complexity index is 327. The number of hydrazone groups is 1. The Morgan fingerprint density at radius 2 is 2.56 bits per heavy atom. The highest BCUT2D eigenvalue weighted by molar-refractivity contribution is 7.80. The summed E-state index contributed by atoms with van der Waals surface area (Å²) in [6.07, 6.45) is 6.80. The van der Waals surface area contributed by atoms with Crippen LogP contribution in [0, 0.1) is 11.8 Å². The van der Waals surface area contributed by atoms with Gasteiger partial charge in [0.05, 0.1) is 6.61 Å². The zero-order valence-electron chi connectivity index (χ0n) is 9.40. The van der Waals surface area contributed by atoms with Gasteiger partial charge >= 0.3 is 0 Å². The van der Waals surface area contributed by atoms with E-state index in [9.17, 15) is 0 Å². The summed E-state index contributed by atoms with van der Waals surface area (Å²) in [4.78, 5) is 0. The fourth-order valence-electron chi connectivity index (χ4n) is 2.09. The Morgan fingerprint density at radius 1 is 1.69 bits per heavy atom. The molecule has 0 bridgehead atoms. The van der Waals surface area contributed by atoms with Crippen LogP contribution < -0.4 is 10.7 Å². The number of allylic oxidation sites excluding steroid dienone is 2. The number of hydrogen-bond acceptors (Lipinski definition) is 3. The van der Waals surface area contributed by atoms with Crippen molar-refractivity contribution in [2.75, 3.05) is 20.3 Å². The molecule has 4 nitrogen and oxygen atoms in total. The van der Waals surface area contributed by atoms with E-state index >= 15 is 0 Å². The quantitative estimate of drug-likeness (QED) is 0.333. The fourth-order valence-corrected chi connectivity index (χ4v) is 2.24. The van der Waals surface area contributed by atoms with Crippen LogP contribution in [0.15, 0.2) is 17.3 Å². The van der Waals surface area contributed by atoms with Crippen LogP contribution >= 0.6 is 12.2 Å². The van der Waals surface area contributed by atoms with Crippen molar-refractivity contribution in [3.05, 3.63) is 12.2 Å². The van der Waals surface area contributed by atoms with Crippen molar-refractivity contribution in [1.82, 2.24) is 10.7 Å². The van der Waals surface area contributed by atoms with Crippen LogP contribution in [0.3, 0.4) is 0 Å². The summed E-state index contributed by atoms with van der Waals surface area (Å²) in [6.45, 7) is 1.35. The van der Waals surface area contributed by atoms with E-state index in [2.05, 4.69) is 28.0 Å². The molecular formula is C11H17N3OS. The second-order valence-corrected chi connectivity index (χ2v) is 4.53. The summed E-state index contributed by atoms with van der Waals surface area (Å²) in [5, 5.41) is 7.90. The van der Waals surface area contributed by atoms with Gasteiger partial charge in [-0.25, -0.2) is 0 Å². The van der Waals surface area contributed by atoms with Gasteiger partial charge in [-0.15, -0.1) is 0 Å². The average Bonchev–Trinajstić information content (AvgIpc) is 2.61. The molecule has 2 atom stereocenters. The molecule has 0 aromatic heterocycles. The van der Waals surface area contributed by atoms with Crippen molar-refractivity contribution < 1.29 is 4.74 Å². The molecule has 0 radical (unpaired) electrons. The van der Waals surface area contributed by atoms with E-state index in [-0.39, 0.29) is 0 Å². The van der Waals surface area contributed by atoms with E-state index in [0.29, 0.717) is 24.2 Å². The van der Waals surface area contributed by atoms with Crippen molar-refractivity contribution in [3.63, 3.8) is 0 Å². The van der Waals surface area contributed by atoms with Crippen molar-refractivity contribution in [1.29, 1.82) is 0 Å². The van der Waals surface area contributed by atoms with Crippen LogP contribution in [-0.4, -0.2) is 31.1 Å². The van der Waals surface area contributed by atoms with E-state index in [4.69, 9.17) is 17.0 Å². The third-order valence-corrected chi connectivity index (χ3v) is 3.27. The third kappa shape index (κ3) is 2.59. The summed E-state index contributed by atoms with van der Waals surface area (Å²) >= 11 is 5.07. The van der Waals surface area contributed by atoms with E-state index in [0.717, 1.165) is 12.3 Å². The monoisotopic (exact) mass is 239 g/mol. The van der Waals surface area contributed by atoms with Gasteiger partial charge in [0.2, 0.25) is 0 Å². The van der Waals surface area contributed by atoms with Crippen molar-refractivity contribution >= 4 is 23.0 Å². The molecule has 2 aliphatic rings. The lowest BCUT2D eigenvalue weighted by Crippen LogP contribution is -2.39. The van der Waals surface area contributed by atoms with Gasteiger partial charge in [0.1, 0.15) is 0 Å². The van der Waals surface area contributed by atoms with Crippen LogP contribution in [0.25, 0.3) is 0 Å². The standard InChI is InChI=1S/C11H17N3OS/c1-15-6-5-12-11(16)14-13-10-7-8-3-2-4-9(8)10/h2,4,8-9H,3,5-7H2,1H3,(H2,12,14,16)/b13-10-/t8-,9+/m1/s1. The second kappa shape index (κ2) is 5.41. The lowest BCUT2D eigenvalue weighted by atomic mass is 9.74. The average molecular weight is 239 g/mol. The number of rotatable bonds is 4. The van der Waals surface area contributed by atoms with Crippen molar-refractivity contribution in [2.24, 2.45) is 16.9 Å². The first-order chi connectivity index (χ1) is 7.81. The Balaban J connectivity index is 1.69. The zero-order chi connectivity index (χ0) is 11.4. The number of fused-ring (bicyclic) bond motifs is 1. The van der Waals surface area contributed by atoms with Gasteiger partial charge in [-0.1, -0.05) is 12.2 Å². The van der Waals surface area contributed by atoms with Crippen LogP contribution in [0.2, 0.25) is 0 Å². The molecule has 0 aromatic rings. The normalized spacial score (nSPS) is 28.7. The number of ether oxygens (including phenoxy) is 1. The highest BCUT2D eigenvalue weighted by Gasteiger charge is 2.37. The smallest absolute Gasteiger partial charge is 0.187 e. The molecule has 1 saturated carbocycles. The molecule has 0 spiro atoms. The van der Waals surface area contributed by atoms with E-state index < -0.39 is 0 Å². The first kappa shape index (κ1) is 11.5. The number of methoxy groups -OCH3 is 1. The first-order valence-corrected chi connectivity index (χ1v) is 5.98. The predicted octanol–water partition coefficient (Wildman–Crippen LogP) is 1.05. The molecule has 88 valence electrons. The Morgan fingerprint density at radius 3 is 3.31 bits per heavy atom. The maximum atomic E-state index is 5.07. The minimum absolute atomic E-state index is 0.564.